The first-order valence-electron chi connectivity index (χ1n) is 11.6. The molecule has 0 unspecified atom stereocenters. The third kappa shape index (κ3) is 5.42. The number of anilines is 1. The normalized spacial score (nSPS) is 10.7. The van der Waals surface area contributed by atoms with Crippen LogP contribution in [0.15, 0.2) is 103 Å². The summed E-state index contributed by atoms with van der Waals surface area (Å²) in [7, 11) is 0. The molecule has 188 valence electrons. The molecule has 38 heavy (non-hydrogen) atoms. The molecule has 1 N–H and O–H groups in total. The Hall–Kier alpha value is -4.51. The van der Waals surface area contributed by atoms with Gasteiger partial charge in [0.25, 0.3) is 11.6 Å². The van der Waals surface area contributed by atoms with Crippen LogP contribution in [0, 0.1) is 20.6 Å². The summed E-state index contributed by atoms with van der Waals surface area (Å²) >= 11 is 2.18. The number of non-ortho nitro benzene ring substituents is 1. The number of hydrogen-bond acceptors (Lipinski definition) is 5. The van der Waals surface area contributed by atoms with Crippen molar-refractivity contribution in [3.05, 3.63) is 128 Å². The summed E-state index contributed by atoms with van der Waals surface area (Å²) in [4.78, 5) is 24.8. The van der Waals surface area contributed by atoms with Gasteiger partial charge >= 0.3 is 0 Å². The van der Waals surface area contributed by atoms with Crippen LogP contribution >= 0.6 is 22.6 Å². The number of carbonyl (C=O) groups is 1. The molecular formula is C29H21IN4O4. The SMILES string of the molecule is Cc1c(C(=O)Nc2cc(Oc3ccc(I)cc3)cc([N+](=O)[O-])c2)c(-c2ccccc2)nn1-c1ccccc1. The second kappa shape index (κ2) is 10.9. The van der Waals surface area contributed by atoms with Gasteiger partial charge in [-0.05, 0) is 65.9 Å². The summed E-state index contributed by atoms with van der Waals surface area (Å²) in [5.41, 5.74) is 3.12. The number of nitro benzene ring substituents is 1. The van der Waals surface area contributed by atoms with E-state index in [9.17, 15) is 14.9 Å². The quantitative estimate of drug-likeness (QED) is 0.117. The molecule has 0 bridgehead atoms. The van der Waals surface area contributed by atoms with Crippen molar-refractivity contribution < 1.29 is 14.5 Å². The predicted molar refractivity (Wildman–Crippen MR) is 154 cm³/mol. The van der Waals surface area contributed by atoms with Crippen molar-refractivity contribution in [3.63, 3.8) is 0 Å². The highest BCUT2D eigenvalue weighted by molar-refractivity contribution is 14.1. The van der Waals surface area contributed by atoms with Gasteiger partial charge in [-0.3, -0.25) is 14.9 Å². The van der Waals surface area contributed by atoms with Crippen LogP contribution in [0.2, 0.25) is 0 Å². The Balaban J connectivity index is 1.54. The molecule has 0 saturated carbocycles. The maximum atomic E-state index is 13.7. The number of nitrogens with zero attached hydrogens (tertiary/aromatic N) is 3. The highest BCUT2D eigenvalue weighted by atomic mass is 127. The van der Waals surface area contributed by atoms with Gasteiger partial charge in [0.2, 0.25) is 0 Å². The van der Waals surface area contributed by atoms with E-state index in [0.717, 1.165) is 14.8 Å². The molecule has 0 atom stereocenters. The highest BCUT2D eigenvalue weighted by Crippen LogP contribution is 2.32. The molecular weight excluding hydrogens is 595 g/mol. The molecule has 1 heterocycles. The van der Waals surface area contributed by atoms with Crippen molar-refractivity contribution in [2.75, 3.05) is 5.32 Å². The fraction of sp³-hybridized carbons (Fsp3) is 0.0345. The second-order valence-corrected chi connectivity index (χ2v) is 9.65. The lowest BCUT2D eigenvalue weighted by molar-refractivity contribution is -0.384. The van der Waals surface area contributed by atoms with Crippen LogP contribution in [-0.2, 0) is 0 Å². The second-order valence-electron chi connectivity index (χ2n) is 8.41. The fourth-order valence-corrected chi connectivity index (χ4v) is 4.40. The fourth-order valence-electron chi connectivity index (χ4n) is 4.04. The van der Waals surface area contributed by atoms with Gasteiger partial charge in [0.05, 0.1) is 33.6 Å². The molecule has 4 aromatic carbocycles. The molecule has 9 heteroatoms. The van der Waals surface area contributed by atoms with E-state index in [1.165, 1.54) is 12.1 Å². The molecule has 1 amide bonds. The number of nitrogens with one attached hydrogen (secondary N) is 1. The Morgan fingerprint density at radius 2 is 1.58 bits per heavy atom. The zero-order valence-corrected chi connectivity index (χ0v) is 22.3. The maximum Gasteiger partial charge on any atom is 0.275 e. The third-order valence-corrected chi connectivity index (χ3v) is 6.52. The zero-order chi connectivity index (χ0) is 26.6. The Labute approximate surface area is 232 Å². The smallest absolute Gasteiger partial charge is 0.275 e. The lowest BCUT2D eigenvalue weighted by Crippen LogP contribution is -2.14. The average Bonchev–Trinajstić information content (AvgIpc) is 3.28. The standard InChI is InChI=1S/C29H21IN4O4/c1-19-27(28(20-8-4-2-5-9-20)32-33(19)23-10-6-3-7-11-23)29(35)31-22-16-24(34(36)37)18-26(17-22)38-25-14-12-21(30)13-15-25/h2-18H,1H3,(H,31,35). The highest BCUT2D eigenvalue weighted by Gasteiger charge is 2.24. The third-order valence-electron chi connectivity index (χ3n) is 5.80. The topological polar surface area (TPSA) is 99.3 Å². The molecule has 0 fully saturated rings. The van der Waals surface area contributed by atoms with Gasteiger partial charge in [-0.1, -0.05) is 48.5 Å². The zero-order valence-electron chi connectivity index (χ0n) is 20.2. The van der Waals surface area contributed by atoms with E-state index >= 15 is 0 Å². The summed E-state index contributed by atoms with van der Waals surface area (Å²) in [5, 5.41) is 19.2. The number of rotatable bonds is 7. The van der Waals surface area contributed by atoms with Crippen LogP contribution in [0.5, 0.6) is 11.5 Å². The van der Waals surface area contributed by atoms with Crippen molar-refractivity contribution in [2.24, 2.45) is 0 Å². The average molecular weight is 616 g/mol. The van der Waals surface area contributed by atoms with Crippen LogP contribution in [0.25, 0.3) is 16.9 Å². The maximum absolute atomic E-state index is 13.7. The predicted octanol–water partition coefficient (Wildman–Crippen LogP) is 7.41. The minimum absolute atomic E-state index is 0.205. The Morgan fingerprint density at radius 1 is 0.921 bits per heavy atom. The van der Waals surface area contributed by atoms with Gasteiger partial charge < -0.3 is 10.1 Å². The van der Waals surface area contributed by atoms with Gasteiger partial charge in [-0.25, -0.2) is 4.68 Å². The van der Waals surface area contributed by atoms with E-state index in [2.05, 4.69) is 27.9 Å². The number of halogens is 1. The minimum atomic E-state index is -0.523. The first kappa shape index (κ1) is 25.2. The van der Waals surface area contributed by atoms with E-state index in [4.69, 9.17) is 9.84 Å². The van der Waals surface area contributed by atoms with Gasteiger partial charge in [0, 0.05) is 21.3 Å². The summed E-state index contributed by atoms with van der Waals surface area (Å²) in [5.74, 6) is 0.314. The number of benzene rings is 4. The van der Waals surface area contributed by atoms with Crippen LogP contribution in [0.1, 0.15) is 16.1 Å². The van der Waals surface area contributed by atoms with Crippen LogP contribution < -0.4 is 10.1 Å². The van der Waals surface area contributed by atoms with Crippen LogP contribution in [0.3, 0.4) is 0 Å². The minimum Gasteiger partial charge on any atom is -0.457 e. The van der Waals surface area contributed by atoms with Gasteiger partial charge in [-0.15, -0.1) is 0 Å². The number of aromatic nitrogens is 2. The van der Waals surface area contributed by atoms with Crippen molar-refractivity contribution >= 4 is 39.9 Å². The molecule has 0 aliphatic rings. The van der Waals surface area contributed by atoms with Gasteiger partial charge in [0.1, 0.15) is 17.2 Å². The lowest BCUT2D eigenvalue weighted by atomic mass is 10.1. The van der Waals surface area contributed by atoms with E-state index in [1.807, 2.05) is 79.7 Å². The molecule has 1 aromatic heterocycles. The molecule has 5 rings (SSSR count). The van der Waals surface area contributed by atoms with Crippen molar-refractivity contribution in [1.29, 1.82) is 0 Å². The van der Waals surface area contributed by atoms with E-state index in [-0.39, 0.29) is 17.1 Å². The monoisotopic (exact) mass is 616 g/mol. The molecule has 0 radical (unpaired) electrons. The Morgan fingerprint density at radius 3 is 2.24 bits per heavy atom. The Kier molecular flexibility index (Phi) is 7.18. The van der Waals surface area contributed by atoms with E-state index in [1.54, 1.807) is 22.9 Å². The molecule has 8 nitrogen and oxygen atoms in total. The number of amides is 1. The number of nitro groups is 1. The molecule has 0 saturated heterocycles. The summed E-state index contributed by atoms with van der Waals surface area (Å²) in [6, 6.07) is 30.4. The first-order valence-corrected chi connectivity index (χ1v) is 12.7. The summed E-state index contributed by atoms with van der Waals surface area (Å²) in [6.07, 6.45) is 0. The molecule has 0 aliphatic heterocycles. The lowest BCUT2D eigenvalue weighted by Gasteiger charge is -2.10. The van der Waals surface area contributed by atoms with Crippen LogP contribution in [0.4, 0.5) is 11.4 Å². The van der Waals surface area contributed by atoms with E-state index in [0.29, 0.717) is 22.7 Å². The van der Waals surface area contributed by atoms with Crippen molar-refractivity contribution in [2.45, 2.75) is 6.92 Å². The molecule has 0 aliphatic carbocycles. The van der Waals surface area contributed by atoms with Crippen LogP contribution in [-0.4, -0.2) is 20.6 Å². The molecule has 5 aromatic rings. The largest absolute Gasteiger partial charge is 0.457 e. The number of para-hydroxylation sites is 1. The van der Waals surface area contributed by atoms with Gasteiger partial charge in [-0.2, -0.15) is 5.10 Å². The van der Waals surface area contributed by atoms with Gasteiger partial charge in [0.15, 0.2) is 0 Å². The van der Waals surface area contributed by atoms with Crippen molar-refractivity contribution in [1.82, 2.24) is 9.78 Å². The summed E-state index contributed by atoms with van der Waals surface area (Å²) < 4.78 is 8.60. The Bertz CT molecular complexity index is 1620. The van der Waals surface area contributed by atoms with E-state index < -0.39 is 10.8 Å². The number of ether oxygens (including phenoxy) is 1. The first-order chi connectivity index (χ1) is 18.4. The summed E-state index contributed by atoms with van der Waals surface area (Å²) in [6.45, 7) is 1.82. The van der Waals surface area contributed by atoms with Crippen molar-refractivity contribution in [3.8, 4) is 28.4 Å². The number of hydrogen-bond donors (Lipinski definition) is 1. The molecule has 0 spiro atoms. The number of carbonyl (C=O) groups excluding carboxylic acids is 1.